The van der Waals surface area contributed by atoms with E-state index in [4.69, 9.17) is 5.73 Å². The Balaban J connectivity index is 2.02. The average molecular weight is 249 g/mol. The van der Waals surface area contributed by atoms with Gasteiger partial charge in [0.2, 0.25) is 5.95 Å². The zero-order valence-electron chi connectivity index (χ0n) is 11.8. The first-order valence-electron chi connectivity index (χ1n) is 6.35. The van der Waals surface area contributed by atoms with Crippen molar-refractivity contribution in [2.24, 2.45) is 16.7 Å². The van der Waals surface area contributed by atoms with E-state index >= 15 is 0 Å². The Hall–Kier alpha value is -1.52. The summed E-state index contributed by atoms with van der Waals surface area (Å²) >= 11 is 0. The van der Waals surface area contributed by atoms with Crippen molar-refractivity contribution < 1.29 is 0 Å². The molecule has 1 fully saturated rings. The van der Waals surface area contributed by atoms with E-state index in [0.717, 1.165) is 18.2 Å². The summed E-state index contributed by atoms with van der Waals surface area (Å²) in [6.07, 6.45) is 0. The quantitative estimate of drug-likeness (QED) is 0.762. The van der Waals surface area contributed by atoms with E-state index in [-0.39, 0.29) is 0 Å². The molecule has 4 N–H and O–H groups in total. The lowest BCUT2D eigenvalue weighted by atomic mass is 10.0. The Morgan fingerprint density at radius 3 is 2.22 bits per heavy atom. The van der Waals surface area contributed by atoms with Gasteiger partial charge in [-0.05, 0) is 16.7 Å². The molecule has 0 bridgehead atoms. The SMILES string of the molecule is CNc1cc(NCC2C(C)(C)C2(C)C)nc(N)n1. The fraction of sp³-hybridized carbons (Fsp3) is 0.692. The molecule has 1 heterocycles. The molecule has 0 aromatic carbocycles. The molecule has 1 aliphatic carbocycles. The fourth-order valence-electron chi connectivity index (χ4n) is 2.73. The third-order valence-corrected chi connectivity index (χ3v) is 4.81. The van der Waals surface area contributed by atoms with Crippen molar-refractivity contribution in [3.8, 4) is 0 Å². The van der Waals surface area contributed by atoms with Crippen LogP contribution in [0, 0.1) is 16.7 Å². The zero-order valence-corrected chi connectivity index (χ0v) is 11.8. The van der Waals surface area contributed by atoms with Crippen molar-refractivity contribution in [2.45, 2.75) is 27.7 Å². The van der Waals surface area contributed by atoms with Gasteiger partial charge in [-0.15, -0.1) is 0 Å². The molecule has 1 aliphatic rings. The number of hydrogen-bond donors (Lipinski definition) is 3. The summed E-state index contributed by atoms with van der Waals surface area (Å²) in [5.74, 6) is 2.46. The minimum Gasteiger partial charge on any atom is -0.373 e. The van der Waals surface area contributed by atoms with Crippen molar-refractivity contribution in [2.75, 3.05) is 30.0 Å². The number of hydrogen-bond acceptors (Lipinski definition) is 5. The van der Waals surface area contributed by atoms with Crippen LogP contribution in [-0.4, -0.2) is 23.6 Å². The van der Waals surface area contributed by atoms with Crippen molar-refractivity contribution in [1.82, 2.24) is 9.97 Å². The molecule has 0 unspecified atom stereocenters. The third-order valence-electron chi connectivity index (χ3n) is 4.81. The standard InChI is InChI=1S/C13H23N5/c1-12(2)8(13(12,3)4)7-16-10-6-9(15-5)17-11(14)18-10/h6,8H,7H2,1-5H3,(H4,14,15,16,17,18). The van der Waals surface area contributed by atoms with Gasteiger partial charge in [0.15, 0.2) is 0 Å². The molecule has 2 rings (SSSR count). The first-order chi connectivity index (χ1) is 8.29. The van der Waals surface area contributed by atoms with Gasteiger partial charge < -0.3 is 16.4 Å². The maximum absolute atomic E-state index is 5.66. The Labute approximate surface area is 109 Å². The van der Waals surface area contributed by atoms with Gasteiger partial charge in [-0.25, -0.2) is 0 Å². The van der Waals surface area contributed by atoms with Crippen LogP contribution in [0.3, 0.4) is 0 Å². The first kappa shape index (κ1) is 12.9. The second-order valence-electron chi connectivity index (χ2n) is 6.12. The van der Waals surface area contributed by atoms with Gasteiger partial charge in [0.1, 0.15) is 11.6 Å². The average Bonchev–Trinajstić information content (AvgIpc) is 2.66. The number of nitrogens with two attached hydrogens (primary N) is 1. The summed E-state index contributed by atoms with van der Waals surface area (Å²) in [6.45, 7) is 10.2. The normalized spacial score (nSPS) is 20.5. The third kappa shape index (κ3) is 1.98. The molecule has 0 atom stereocenters. The van der Waals surface area contributed by atoms with Crippen molar-refractivity contribution in [3.05, 3.63) is 6.07 Å². The van der Waals surface area contributed by atoms with Crippen molar-refractivity contribution in [1.29, 1.82) is 0 Å². The maximum Gasteiger partial charge on any atom is 0.223 e. The molecule has 1 aromatic rings. The highest BCUT2D eigenvalue weighted by Gasteiger charge is 2.64. The molecule has 0 saturated heterocycles. The van der Waals surface area contributed by atoms with Gasteiger partial charge >= 0.3 is 0 Å². The Morgan fingerprint density at radius 1 is 1.17 bits per heavy atom. The Morgan fingerprint density at radius 2 is 1.72 bits per heavy atom. The number of anilines is 3. The van der Waals surface area contributed by atoms with Crippen LogP contribution < -0.4 is 16.4 Å². The van der Waals surface area contributed by atoms with Crippen LogP contribution in [0.1, 0.15) is 27.7 Å². The predicted molar refractivity (Wildman–Crippen MR) is 75.5 cm³/mol. The van der Waals surface area contributed by atoms with Gasteiger partial charge in [0, 0.05) is 19.7 Å². The summed E-state index contributed by atoms with van der Waals surface area (Å²) in [5, 5.41) is 6.34. The van der Waals surface area contributed by atoms with E-state index in [9.17, 15) is 0 Å². The van der Waals surface area contributed by atoms with E-state index in [1.54, 1.807) is 0 Å². The van der Waals surface area contributed by atoms with Crippen molar-refractivity contribution >= 4 is 17.6 Å². The maximum atomic E-state index is 5.66. The van der Waals surface area contributed by atoms with Crippen LogP contribution in [0.5, 0.6) is 0 Å². The molecular formula is C13H23N5. The largest absolute Gasteiger partial charge is 0.373 e. The highest BCUT2D eigenvalue weighted by molar-refractivity contribution is 5.50. The molecule has 0 radical (unpaired) electrons. The van der Waals surface area contributed by atoms with Crippen LogP contribution >= 0.6 is 0 Å². The highest BCUT2D eigenvalue weighted by atomic mass is 15.1. The molecule has 0 amide bonds. The summed E-state index contributed by atoms with van der Waals surface area (Å²) in [6, 6.07) is 1.87. The van der Waals surface area contributed by atoms with Gasteiger partial charge in [0.25, 0.3) is 0 Å². The van der Waals surface area contributed by atoms with Crippen LogP contribution in [0.25, 0.3) is 0 Å². The predicted octanol–water partition coefficient (Wildman–Crippen LogP) is 2.19. The van der Waals surface area contributed by atoms with Crippen LogP contribution in [0.15, 0.2) is 6.07 Å². The number of nitrogen functional groups attached to an aromatic ring is 1. The van der Waals surface area contributed by atoms with E-state index in [1.807, 2.05) is 13.1 Å². The molecule has 5 nitrogen and oxygen atoms in total. The molecule has 18 heavy (non-hydrogen) atoms. The minimum absolute atomic E-state index is 0.290. The van der Waals surface area contributed by atoms with Crippen LogP contribution in [0.4, 0.5) is 17.6 Å². The zero-order chi connectivity index (χ0) is 13.6. The number of nitrogens with one attached hydrogen (secondary N) is 2. The van der Waals surface area contributed by atoms with Gasteiger partial charge in [-0.3, -0.25) is 0 Å². The van der Waals surface area contributed by atoms with Crippen molar-refractivity contribution in [3.63, 3.8) is 0 Å². The molecular weight excluding hydrogens is 226 g/mol. The molecule has 0 aliphatic heterocycles. The summed E-state index contributed by atoms with van der Waals surface area (Å²) in [4.78, 5) is 8.26. The highest BCUT2D eigenvalue weighted by Crippen LogP contribution is 2.68. The number of nitrogens with zero attached hydrogens (tertiary/aromatic N) is 2. The second-order valence-corrected chi connectivity index (χ2v) is 6.12. The lowest BCUT2D eigenvalue weighted by molar-refractivity contribution is 0.457. The van der Waals surface area contributed by atoms with E-state index in [1.165, 1.54) is 0 Å². The van der Waals surface area contributed by atoms with E-state index in [0.29, 0.717) is 22.7 Å². The summed E-state index contributed by atoms with van der Waals surface area (Å²) < 4.78 is 0. The van der Waals surface area contributed by atoms with Crippen LogP contribution in [-0.2, 0) is 0 Å². The molecule has 1 aromatic heterocycles. The van der Waals surface area contributed by atoms with Gasteiger partial charge in [-0.1, -0.05) is 27.7 Å². The monoisotopic (exact) mass is 249 g/mol. The second kappa shape index (κ2) is 4.00. The summed E-state index contributed by atoms with van der Waals surface area (Å²) in [7, 11) is 1.82. The smallest absolute Gasteiger partial charge is 0.223 e. The van der Waals surface area contributed by atoms with Gasteiger partial charge in [0.05, 0.1) is 0 Å². The molecule has 0 spiro atoms. The Kier molecular flexibility index (Phi) is 2.87. The number of aromatic nitrogens is 2. The van der Waals surface area contributed by atoms with E-state index in [2.05, 4.69) is 48.3 Å². The van der Waals surface area contributed by atoms with Gasteiger partial charge in [-0.2, -0.15) is 9.97 Å². The first-order valence-corrected chi connectivity index (χ1v) is 6.35. The summed E-state index contributed by atoms with van der Waals surface area (Å²) in [5.41, 5.74) is 6.42. The fourth-order valence-corrected chi connectivity index (χ4v) is 2.73. The Bertz CT molecular complexity index is 439. The topological polar surface area (TPSA) is 75.9 Å². The van der Waals surface area contributed by atoms with E-state index < -0.39 is 0 Å². The minimum atomic E-state index is 0.290. The molecule has 100 valence electrons. The lowest BCUT2D eigenvalue weighted by Gasteiger charge is -2.09. The number of rotatable bonds is 4. The lowest BCUT2D eigenvalue weighted by Crippen LogP contribution is -2.11. The molecule has 1 saturated carbocycles. The molecule has 5 heteroatoms. The van der Waals surface area contributed by atoms with Crippen LogP contribution in [0.2, 0.25) is 0 Å².